The summed E-state index contributed by atoms with van der Waals surface area (Å²) in [6.07, 6.45) is 20.3. The Morgan fingerprint density at radius 1 is 0.561 bits per heavy atom. The summed E-state index contributed by atoms with van der Waals surface area (Å²) in [5, 5.41) is 8.48. The molecule has 6 heteroatoms. The SMILES string of the molecule is CCCCCCCC[Si](C)(C)C#C/C1=C2N=C(/C=c3\[nH]/c(c4ccccc34)=C(/C#C[Si](C)(C)CCCCCCCC)C3=N/C(=C\C4NC1c1ccccc14)c1ccccc13)c1ccccc1/2. The monoisotopic (exact) mass is 900 g/mol. The number of hydrogen-bond acceptors (Lipinski definition) is 3. The molecule has 0 fully saturated rings. The molecule has 5 aromatic rings. The Balaban J connectivity index is 1.26. The van der Waals surface area contributed by atoms with Crippen LogP contribution in [0.2, 0.25) is 38.3 Å². The number of aromatic nitrogens is 1. The van der Waals surface area contributed by atoms with Crippen molar-refractivity contribution in [1.82, 2.24) is 10.3 Å². The highest BCUT2D eigenvalue weighted by Crippen LogP contribution is 2.44. The Kier molecular flexibility index (Phi) is 13.9. The van der Waals surface area contributed by atoms with E-state index in [-0.39, 0.29) is 12.1 Å². The van der Waals surface area contributed by atoms with Crippen LogP contribution in [0.25, 0.3) is 33.8 Å². The molecule has 5 heterocycles. The van der Waals surface area contributed by atoms with Crippen LogP contribution in [0, 0.1) is 22.9 Å². The summed E-state index contributed by atoms with van der Waals surface area (Å²) in [6.45, 7) is 14.4. The van der Waals surface area contributed by atoms with Crippen LogP contribution in [0.15, 0.2) is 119 Å². The van der Waals surface area contributed by atoms with Crippen molar-refractivity contribution in [2.75, 3.05) is 0 Å². The molecule has 9 rings (SSSR count). The first kappa shape index (κ1) is 45.6. The summed E-state index contributed by atoms with van der Waals surface area (Å²) in [5.74, 6) is 7.83. The van der Waals surface area contributed by atoms with E-state index in [0.29, 0.717) is 0 Å². The molecule has 0 amide bonds. The average Bonchev–Trinajstić information content (AvgIpc) is 4.08. The molecule has 8 bridgehead atoms. The van der Waals surface area contributed by atoms with Gasteiger partial charge in [-0.2, -0.15) is 0 Å². The van der Waals surface area contributed by atoms with E-state index in [1.807, 2.05) is 0 Å². The number of aliphatic imine (C=N–C) groups is 2. The molecule has 2 unspecified atom stereocenters. The topological polar surface area (TPSA) is 52.5 Å². The predicted octanol–water partition coefficient (Wildman–Crippen LogP) is 13.8. The molecule has 2 atom stereocenters. The lowest BCUT2D eigenvalue weighted by Gasteiger charge is -2.18. The second kappa shape index (κ2) is 20.2. The molecule has 4 nitrogen and oxygen atoms in total. The fraction of sp³-hybridized carbons (Fsp3) is 0.367. The Morgan fingerprint density at radius 2 is 1.12 bits per heavy atom. The van der Waals surface area contributed by atoms with E-state index in [9.17, 15) is 0 Å². The van der Waals surface area contributed by atoms with E-state index in [4.69, 9.17) is 9.98 Å². The third-order valence-electron chi connectivity index (χ3n) is 14.1. The van der Waals surface area contributed by atoms with E-state index in [2.05, 4.69) is 182 Å². The number of nitrogens with one attached hydrogen (secondary N) is 2. The van der Waals surface area contributed by atoms with Crippen molar-refractivity contribution in [3.8, 4) is 22.9 Å². The van der Waals surface area contributed by atoms with E-state index in [1.165, 1.54) is 100 Å². The van der Waals surface area contributed by atoms with Crippen LogP contribution in [-0.2, 0) is 0 Å². The maximum absolute atomic E-state index is 5.64. The van der Waals surface area contributed by atoms with Crippen LogP contribution >= 0.6 is 0 Å². The number of benzene rings is 4. The van der Waals surface area contributed by atoms with Gasteiger partial charge in [-0.25, -0.2) is 9.98 Å². The van der Waals surface area contributed by atoms with Gasteiger partial charge in [0.2, 0.25) is 0 Å². The van der Waals surface area contributed by atoms with Crippen molar-refractivity contribution < 1.29 is 0 Å². The third kappa shape index (κ3) is 9.80. The van der Waals surface area contributed by atoms with Gasteiger partial charge in [0.25, 0.3) is 0 Å². The van der Waals surface area contributed by atoms with Gasteiger partial charge in [-0.05, 0) is 35.4 Å². The maximum Gasteiger partial charge on any atom is 0.132 e. The summed E-state index contributed by atoms with van der Waals surface area (Å²) in [7, 11) is -3.75. The standard InChI is InChI=1S/C60H68N4Si2/c1-7-9-11-13-15-25-37-65(3,4)39-35-51-57-47-31-21-17-27-43(47)53(61-57)41-55-45-29-19-23-33-49(45)59(63-55)52(36-40-66(5,6)38-26-16-14-12-10-8-2)60-50-34-24-20-30-46(50)56(64-60)42-54-44-28-18-22-32-48(44)58(51)62-54/h17-24,27-34,41-42,53,57,61,64H,7-16,25-26,37-38H2,1-6H3/b55-41-,56-42-,58-51-,60-52-. The first-order valence-electron chi connectivity index (χ1n) is 25.2. The van der Waals surface area contributed by atoms with Crippen LogP contribution < -0.4 is 16.0 Å². The maximum atomic E-state index is 5.64. The summed E-state index contributed by atoms with van der Waals surface area (Å²) in [4.78, 5) is 15.3. The minimum absolute atomic E-state index is 0.0844. The molecule has 0 radical (unpaired) electrons. The lowest BCUT2D eigenvalue weighted by Crippen LogP contribution is -2.24. The third-order valence-corrected chi connectivity index (χ3v) is 18.9. The quantitative estimate of drug-likeness (QED) is 0.0651. The predicted molar refractivity (Wildman–Crippen MR) is 288 cm³/mol. The van der Waals surface area contributed by atoms with Crippen LogP contribution in [0.4, 0.5) is 0 Å². The smallest absolute Gasteiger partial charge is 0.132 e. The van der Waals surface area contributed by atoms with E-state index in [1.54, 1.807) is 0 Å². The van der Waals surface area contributed by atoms with Gasteiger partial charge in [-0.15, -0.1) is 11.1 Å². The molecule has 0 aliphatic carbocycles. The number of rotatable bonds is 14. The summed E-state index contributed by atoms with van der Waals surface area (Å²) in [6, 6.07) is 37.4. The fourth-order valence-electron chi connectivity index (χ4n) is 10.3. The van der Waals surface area contributed by atoms with Crippen LogP contribution in [-0.4, -0.2) is 32.6 Å². The number of nitrogens with zero attached hydrogens (tertiary/aromatic N) is 2. The number of aromatic amines is 1. The molecule has 2 N–H and O–H groups in total. The van der Waals surface area contributed by atoms with Gasteiger partial charge in [-0.1, -0.05) is 226 Å². The number of unbranched alkanes of at least 4 members (excludes halogenated alkanes) is 10. The minimum Gasteiger partial charge on any atom is -0.353 e. The van der Waals surface area contributed by atoms with Gasteiger partial charge < -0.3 is 4.98 Å². The van der Waals surface area contributed by atoms with Crippen molar-refractivity contribution >= 4 is 61.4 Å². The number of hydrogen-bond donors (Lipinski definition) is 2. The van der Waals surface area contributed by atoms with Crippen LogP contribution in [0.3, 0.4) is 0 Å². The second-order valence-electron chi connectivity index (χ2n) is 20.4. The zero-order chi connectivity index (χ0) is 45.7. The van der Waals surface area contributed by atoms with Gasteiger partial charge >= 0.3 is 0 Å². The molecule has 4 aliphatic rings. The molecule has 0 spiro atoms. The highest BCUT2D eigenvalue weighted by atomic mass is 28.3. The molecule has 0 saturated heterocycles. The zero-order valence-corrected chi connectivity index (χ0v) is 42.3. The first-order valence-corrected chi connectivity index (χ1v) is 31.6. The lowest BCUT2D eigenvalue weighted by atomic mass is 9.93. The van der Waals surface area contributed by atoms with Gasteiger partial charge in [0.05, 0.1) is 45.8 Å². The van der Waals surface area contributed by atoms with Crippen LogP contribution in [0.1, 0.15) is 136 Å². The number of fused-ring (bicyclic) bond motifs is 18. The van der Waals surface area contributed by atoms with Crippen LogP contribution in [0.5, 0.6) is 0 Å². The molecule has 66 heavy (non-hydrogen) atoms. The molecule has 4 aliphatic heterocycles. The number of H-pyrrole nitrogens is 1. The van der Waals surface area contributed by atoms with Gasteiger partial charge in [-0.3, -0.25) is 5.32 Å². The largest absolute Gasteiger partial charge is 0.353 e. The van der Waals surface area contributed by atoms with Crippen molar-refractivity contribution in [3.63, 3.8) is 0 Å². The summed E-state index contributed by atoms with van der Waals surface area (Å²) >= 11 is 0. The van der Waals surface area contributed by atoms with Gasteiger partial charge in [0.1, 0.15) is 16.1 Å². The normalized spacial score (nSPS) is 20.4. The zero-order valence-electron chi connectivity index (χ0n) is 40.3. The molecular weight excluding hydrogens is 833 g/mol. The molecule has 1 aromatic heterocycles. The second-order valence-corrected chi connectivity index (χ2v) is 29.4. The highest BCUT2D eigenvalue weighted by molar-refractivity contribution is 6.85. The Labute approximate surface area is 396 Å². The first-order chi connectivity index (χ1) is 32.1. The average molecular weight is 901 g/mol. The molecular formula is C60H68N4Si2. The fourth-order valence-corrected chi connectivity index (χ4v) is 13.8. The Bertz CT molecular complexity index is 3020. The van der Waals surface area contributed by atoms with Crippen molar-refractivity contribution in [1.29, 1.82) is 0 Å². The highest BCUT2D eigenvalue weighted by Gasteiger charge is 2.36. The molecule has 4 aromatic carbocycles. The van der Waals surface area contributed by atoms with Crippen molar-refractivity contribution in [2.24, 2.45) is 9.98 Å². The van der Waals surface area contributed by atoms with Gasteiger partial charge in [0, 0.05) is 43.9 Å². The van der Waals surface area contributed by atoms with Crippen molar-refractivity contribution in [3.05, 3.63) is 153 Å². The van der Waals surface area contributed by atoms with E-state index < -0.39 is 16.1 Å². The summed E-state index contributed by atoms with van der Waals surface area (Å²) < 4.78 is 0. The summed E-state index contributed by atoms with van der Waals surface area (Å²) in [5.41, 5.74) is 20.9. The van der Waals surface area contributed by atoms with Gasteiger partial charge in [0.15, 0.2) is 0 Å². The van der Waals surface area contributed by atoms with Crippen molar-refractivity contribution in [2.45, 2.75) is 141 Å². The Hall–Kier alpha value is -5.51. The minimum atomic E-state index is -1.88. The lowest BCUT2D eigenvalue weighted by molar-refractivity contribution is 0.616. The Morgan fingerprint density at radius 3 is 1.82 bits per heavy atom. The van der Waals surface area contributed by atoms with E-state index in [0.717, 1.165) is 77.7 Å². The van der Waals surface area contributed by atoms with E-state index >= 15 is 0 Å². The molecule has 0 saturated carbocycles. The molecule has 336 valence electrons.